The quantitative estimate of drug-likeness (QED) is 0.559. The molecule has 3 aromatic heterocycles. The van der Waals surface area contributed by atoms with Gasteiger partial charge in [-0.05, 0) is 36.8 Å². The summed E-state index contributed by atoms with van der Waals surface area (Å²) in [5.74, 6) is 0.900. The Hall–Kier alpha value is -3.41. The number of hydrogen-bond donors (Lipinski definition) is 0. The third-order valence-electron chi connectivity index (χ3n) is 5.06. The molecule has 1 aromatic carbocycles. The highest BCUT2D eigenvalue weighted by molar-refractivity contribution is 5.94. The van der Waals surface area contributed by atoms with Crippen LogP contribution in [0.5, 0.6) is 0 Å². The average Bonchev–Trinajstić information content (AvgIpc) is 3.46. The summed E-state index contributed by atoms with van der Waals surface area (Å²) >= 11 is 0. The van der Waals surface area contributed by atoms with Gasteiger partial charge in [-0.2, -0.15) is 0 Å². The van der Waals surface area contributed by atoms with Crippen molar-refractivity contribution >= 4 is 17.1 Å². The van der Waals surface area contributed by atoms with Crippen LogP contribution in [0, 0.1) is 0 Å². The van der Waals surface area contributed by atoms with Crippen LogP contribution in [-0.2, 0) is 0 Å². The molecule has 4 heterocycles. The molecule has 1 aliphatic rings. The first-order valence-electron chi connectivity index (χ1n) is 9.01. The largest absolute Gasteiger partial charge is 0.472 e. The Morgan fingerprint density at radius 2 is 2.00 bits per heavy atom. The van der Waals surface area contributed by atoms with Gasteiger partial charge in [-0.25, -0.2) is 9.97 Å². The van der Waals surface area contributed by atoms with E-state index in [1.807, 2.05) is 53.4 Å². The summed E-state index contributed by atoms with van der Waals surface area (Å²) in [7, 11) is 0. The molecule has 27 heavy (non-hydrogen) atoms. The highest BCUT2D eigenvalue weighted by Crippen LogP contribution is 2.32. The van der Waals surface area contributed by atoms with Crippen molar-refractivity contribution in [3.05, 3.63) is 72.8 Å². The van der Waals surface area contributed by atoms with Gasteiger partial charge in [0.2, 0.25) is 0 Å². The van der Waals surface area contributed by atoms with Crippen LogP contribution in [0.25, 0.3) is 22.6 Å². The van der Waals surface area contributed by atoms with E-state index in [9.17, 15) is 4.79 Å². The summed E-state index contributed by atoms with van der Waals surface area (Å²) in [6, 6.07) is 15.3. The van der Waals surface area contributed by atoms with Crippen molar-refractivity contribution in [2.75, 3.05) is 13.1 Å². The number of hydrogen-bond acceptors (Lipinski definition) is 4. The molecular formula is C21H18N4O2. The number of benzene rings is 1. The first-order chi connectivity index (χ1) is 13.3. The van der Waals surface area contributed by atoms with Crippen LogP contribution in [0.15, 0.2) is 71.7 Å². The number of imidazole rings is 1. The number of fused-ring (bicyclic) bond motifs is 1. The Morgan fingerprint density at radius 3 is 2.81 bits per heavy atom. The van der Waals surface area contributed by atoms with Crippen LogP contribution >= 0.6 is 0 Å². The molecule has 134 valence electrons. The molecule has 1 aliphatic heterocycles. The summed E-state index contributed by atoms with van der Waals surface area (Å²) in [5, 5.41) is 0. The molecule has 1 fully saturated rings. The number of carbonyl (C=O) groups is 1. The van der Waals surface area contributed by atoms with Crippen LogP contribution in [0.4, 0.5) is 0 Å². The monoisotopic (exact) mass is 358 g/mol. The summed E-state index contributed by atoms with van der Waals surface area (Å²) in [5.41, 5.74) is 3.33. The van der Waals surface area contributed by atoms with Crippen molar-refractivity contribution in [2.24, 2.45) is 0 Å². The number of nitrogens with zero attached hydrogens (tertiary/aromatic N) is 4. The number of rotatable bonds is 3. The maximum Gasteiger partial charge on any atom is 0.253 e. The second-order valence-corrected chi connectivity index (χ2v) is 6.72. The Balaban J connectivity index is 1.51. The van der Waals surface area contributed by atoms with Gasteiger partial charge < -0.3 is 13.9 Å². The van der Waals surface area contributed by atoms with Crippen molar-refractivity contribution < 1.29 is 9.21 Å². The summed E-state index contributed by atoms with van der Waals surface area (Å²) < 4.78 is 7.41. The van der Waals surface area contributed by atoms with Gasteiger partial charge in [0.05, 0.1) is 17.9 Å². The number of amides is 1. The van der Waals surface area contributed by atoms with Gasteiger partial charge >= 0.3 is 0 Å². The highest BCUT2D eigenvalue weighted by atomic mass is 16.3. The lowest BCUT2D eigenvalue weighted by Crippen LogP contribution is -2.29. The van der Waals surface area contributed by atoms with Crippen LogP contribution in [0.3, 0.4) is 0 Å². The van der Waals surface area contributed by atoms with E-state index in [-0.39, 0.29) is 11.9 Å². The van der Waals surface area contributed by atoms with Gasteiger partial charge in [-0.15, -0.1) is 0 Å². The Morgan fingerprint density at radius 1 is 1.11 bits per heavy atom. The second-order valence-electron chi connectivity index (χ2n) is 6.72. The molecule has 0 aliphatic carbocycles. The fourth-order valence-corrected chi connectivity index (χ4v) is 3.77. The Bertz CT molecular complexity index is 1090. The Labute approximate surface area is 156 Å². The second kappa shape index (κ2) is 6.39. The average molecular weight is 358 g/mol. The third-order valence-corrected chi connectivity index (χ3v) is 5.06. The van der Waals surface area contributed by atoms with Gasteiger partial charge in [0, 0.05) is 24.8 Å². The maximum absolute atomic E-state index is 12.8. The van der Waals surface area contributed by atoms with Crippen LogP contribution in [0.2, 0.25) is 0 Å². The lowest BCUT2D eigenvalue weighted by molar-refractivity contribution is 0.0788. The maximum atomic E-state index is 12.8. The topological polar surface area (TPSA) is 64.2 Å². The van der Waals surface area contributed by atoms with Crippen LogP contribution in [0.1, 0.15) is 22.8 Å². The molecule has 1 unspecified atom stereocenters. The first kappa shape index (κ1) is 15.8. The van der Waals surface area contributed by atoms with Gasteiger partial charge in [-0.3, -0.25) is 4.79 Å². The molecule has 0 saturated carbocycles. The van der Waals surface area contributed by atoms with Crippen molar-refractivity contribution in [1.29, 1.82) is 0 Å². The van der Waals surface area contributed by atoms with Gasteiger partial charge in [0.15, 0.2) is 5.65 Å². The van der Waals surface area contributed by atoms with Gasteiger partial charge in [-0.1, -0.05) is 18.2 Å². The number of carbonyl (C=O) groups excluding carboxylic acids is 1. The zero-order valence-corrected chi connectivity index (χ0v) is 14.7. The predicted octanol–water partition coefficient (Wildman–Crippen LogP) is 3.78. The van der Waals surface area contributed by atoms with Gasteiger partial charge in [0.25, 0.3) is 5.91 Å². The van der Waals surface area contributed by atoms with Crippen LogP contribution < -0.4 is 0 Å². The SMILES string of the molecule is O=C(c1ccccc1)N1CCC(n2c(-c3ccoc3)nc3cccnc32)C1. The van der Waals surface area contributed by atoms with E-state index in [0.29, 0.717) is 6.54 Å². The molecule has 0 bridgehead atoms. The number of furan rings is 1. The lowest BCUT2D eigenvalue weighted by atomic mass is 10.2. The molecule has 0 spiro atoms. The van der Waals surface area contributed by atoms with E-state index in [2.05, 4.69) is 9.55 Å². The van der Waals surface area contributed by atoms with Crippen LogP contribution in [-0.4, -0.2) is 38.4 Å². The minimum absolute atomic E-state index is 0.0698. The molecular weight excluding hydrogens is 340 g/mol. The van der Waals surface area contributed by atoms with E-state index in [1.165, 1.54) is 0 Å². The standard InChI is InChI=1S/C21H18N4O2/c26-21(15-5-2-1-3-6-15)24-11-8-17(13-24)25-19(16-9-12-27-14-16)23-18-7-4-10-22-20(18)25/h1-7,9-10,12,14,17H,8,11,13H2. The van der Waals surface area contributed by atoms with Crippen molar-refractivity contribution in [3.63, 3.8) is 0 Å². The van der Waals surface area contributed by atoms with Crippen molar-refractivity contribution in [2.45, 2.75) is 12.5 Å². The summed E-state index contributed by atoms with van der Waals surface area (Å²) in [6.45, 7) is 1.36. The fraction of sp³-hybridized carbons (Fsp3) is 0.190. The fourth-order valence-electron chi connectivity index (χ4n) is 3.77. The van der Waals surface area contributed by atoms with Crippen molar-refractivity contribution in [3.8, 4) is 11.4 Å². The molecule has 5 rings (SSSR count). The summed E-state index contributed by atoms with van der Waals surface area (Å²) in [6.07, 6.45) is 5.98. The molecule has 1 saturated heterocycles. The normalized spacial score (nSPS) is 16.9. The highest BCUT2D eigenvalue weighted by Gasteiger charge is 2.31. The summed E-state index contributed by atoms with van der Waals surface area (Å²) in [4.78, 5) is 24.0. The minimum atomic E-state index is 0.0698. The minimum Gasteiger partial charge on any atom is -0.472 e. The van der Waals surface area contributed by atoms with Crippen molar-refractivity contribution in [1.82, 2.24) is 19.4 Å². The van der Waals surface area contributed by atoms with E-state index in [1.54, 1.807) is 18.7 Å². The molecule has 0 radical (unpaired) electrons. The molecule has 1 atom stereocenters. The number of pyridine rings is 1. The number of likely N-dealkylation sites (tertiary alicyclic amines) is 1. The third kappa shape index (κ3) is 2.70. The molecule has 0 N–H and O–H groups in total. The van der Waals surface area contributed by atoms with E-state index in [4.69, 9.17) is 9.40 Å². The van der Waals surface area contributed by atoms with Gasteiger partial charge in [0.1, 0.15) is 17.6 Å². The lowest BCUT2D eigenvalue weighted by Gasteiger charge is -2.18. The molecule has 1 amide bonds. The smallest absolute Gasteiger partial charge is 0.253 e. The molecule has 6 heteroatoms. The zero-order chi connectivity index (χ0) is 18.2. The number of aromatic nitrogens is 3. The Kier molecular flexibility index (Phi) is 3.74. The van der Waals surface area contributed by atoms with E-state index < -0.39 is 0 Å². The predicted molar refractivity (Wildman–Crippen MR) is 101 cm³/mol. The first-order valence-corrected chi connectivity index (χ1v) is 9.01. The van der Waals surface area contributed by atoms with E-state index in [0.717, 1.165) is 41.1 Å². The molecule has 4 aromatic rings. The molecule has 6 nitrogen and oxygen atoms in total. The zero-order valence-electron chi connectivity index (χ0n) is 14.7. The van der Waals surface area contributed by atoms with E-state index >= 15 is 0 Å².